The summed E-state index contributed by atoms with van der Waals surface area (Å²) in [6.07, 6.45) is 1.07. The average molecular weight is 317 g/mol. The van der Waals surface area contributed by atoms with E-state index in [2.05, 4.69) is 0 Å². The number of rotatable bonds is 1. The number of amides is 2. The highest BCUT2D eigenvalue weighted by Crippen LogP contribution is 2.30. The molecule has 2 aromatic rings. The first-order valence-corrected chi connectivity index (χ1v) is 7.38. The number of fused-ring (bicyclic) bond motifs is 2. The summed E-state index contributed by atoms with van der Waals surface area (Å²) >= 11 is 0. The monoisotopic (exact) mass is 317 g/mol. The van der Waals surface area contributed by atoms with Crippen molar-refractivity contribution in [3.63, 3.8) is 0 Å². The molecule has 0 radical (unpaired) electrons. The molecule has 24 heavy (non-hydrogen) atoms. The first-order chi connectivity index (χ1) is 11.5. The average Bonchev–Trinajstić information content (AvgIpc) is 2.96. The normalized spacial score (nSPS) is 17.7. The summed E-state index contributed by atoms with van der Waals surface area (Å²) in [5.74, 6) is -1.99. The molecule has 4 rings (SSSR count). The van der Waals surface area contributed by atoms with Crippen LogP contribution in [-0.2, 0) is 0 Å². The number of imide groups is 1. The van der Waals surface area contributed by atoms with E-state index < -0.39 is 23.4 Å². The van der Waals surface area contributed by atoms with Gasteiger partial charge in [0.2, 0.25) is 0 Å². The number of Topliss-reactive ketones (excluding diaryl/α,β-unsaturated/α-hetero) is 2. The summed E-state index contributed by atoms with van der Waals surface area (Å²) in [6.45, 7) is 1.82. The van der Waals surface area contributed by atoms with Gasteiger partial charge in [-0.15, -0.1) is 0 Å². The van der Waals surface area contributed by atoms with Crippen LogP contribution >= 0.6 is 0 Å². The Hall–Kier alpha value is -3.34. The fourth-order valence-electron chi connectivity index (χ4n) is 3.01. The third-order valence-electron chi connectivity index (χ3n) is 4.24. The summed E-state index contributed by atoms with van der Waals surface area (Å²) in [6, 6.07) is 11.4. The zero-order valence-corrected chi connectivity index (χ0v) is 12.7. The van der Waals surface area contributed by atoms with Crippen LogP contribution in [0.4, 0.5) is 0 Å². The van der Waals surface area contributed by atoms with Gasteiger partial charge in [0.05, 0.1) is 16.7 Å². The third kappa shape index (κ3) is 1.81. The van der Waals surface area contributed by atoms with Crippen LogP contribution in [0.25, 0.3) is 0 Å². The molecule has 1 aliphatic heterocycles. The molecule has 1 heterocycles. The predicted molar refractivity (Wildman–Crippen MR) is 84.9 cm³/mol. The fourth-order valence-corrected chi connectivity index (χ4v) is 3.01. The Kier molecular flexibility index (Phi) is 2.87. The smallest absolute Gasteiger partial charge is 0.265 e. The quantitative estimate of drug-likeness (QED) is 0.460. The van der Waals surface area contributed by atoms with Gasteiger partial charge in [-0.2, -0.15) is 0 Å². The van der Waals surface area contributed by atoms with Crippen molar-refractivity contribution >= 4 is 23.4 Å². The molecule has 0 saturated heterocycles. The Morgan fingerprint density at radius 2 is 1.33 bits per heavy atom. The number of benzene rings is 2. The van der Waals surface area contributed by atoms with Crippen molar-refractivity contribution in [2.75, 3.05) is 0 Å². The molecule has 0 atom stereocenters. The Bertz CT molecular complexity index is 965. The van der Waals surface area contributed by atoms with Crippen LogP contribution < -0.4 is 0 Å². The number of allylic oxidation sites excluding steroid dienone is 1. The van der Waals surface area contributed by atoms with Gasteiger partial charge in [-0.3, -0.25) is 19.2 Å². The summed E-state index contributed by atoms with van der Waals surface area (Å²) < 4.78 is 0. The molecule has 2 aliphatic rings. The summed E-state index contributed by atoms with van der Waals surface area (Å²) in [5.41, 5.74) is 1.84. The van der Waals surface area contributed by atoms with Crippen LogP contribution in [0.5, 0.6) is 0 Å². The molecule has 5 heteroatoms. The highest BCUT2D eigenvalue weighted by atomic mass is 16.2. The summed E-state index contributed by atoms with van der Waals surface area (Å²) in [4.78, 5) is 50.5. The minimum Gasteiger partial charge on any atom is -0.288 e. The molecular formula is C19H11NO4. The van der Waals surface area contributed by atoms with E-state index in [0.717, 1.165) is 16.7 Å². The highest BCUT2D eigenvalue weighted by Gasteiger charge is 2.38. The Balaban J connectivity index is 1.79. The van der Waals surface area contributed by atoms with E-state index in [1.807, 2.05) is 6.92 Å². The van der Waals surface area contributed by atoms with Crippen LogP contribution in [-0.4, -0.2) is 28.3 Å². The van der Waals surface area contributed by atoms with E-state index in [-0.39, 0.29) is 16.7 Å². The molecule has 0 fully saturated rings. The molecule has 116 valence electrons. The van der Waals surface area contributed by atoms with Crippen molar-refractivity contribution in [1.29, 1.82) is 0 Å². The lowest BCUT2D eigenvalue weighted by atomic mass is 10.1. The van der Waals surface area contributed by atoms with Gasteiger partial charge in [0.1, 0.15) is 0 Å². The van der Waals surface area contributed by atoms with Crippen molar-refractivity contribution in [1.82, 2.24) is 4.90 Å². The number of carbonyl (C=O) groups excluding carboxylic acids is 4. The second-order valence-electron chi connectivity index (χ2n) is 5.78. The lowest BCUT2D eigenvalue weighted by Gasteiger charge is -2.08. The largest absolute Gasteiger partial charge is 0.288 e. The second kappa shape index (κ2) is 4.83. The molecule has 2 aromatic carbocycles. The lowest BCUT2D eigenvalue weighted by Crippen LogP contribution is -2.25. The molecule has 0 aromatic heterocycles. The summed E-state index contributed by atoms with van der Waals surface area (Å²) in [7, 11) is 0. The topological polar surface area (TPSA) is 71.5 Å². The first-order valence-electron chi connectivity index (χ1n) is 7.38. The summed E-state index contributed by atoms with van der Waals surface area (Å²) in [5, 5.41) is 0. The van der Waals surface area contributed by atoms with Gasteiger partial charge in [-0.05, 0) is 25.1 Å². The number of nitrogens with zero attached hydrogens (tertiary/aromatic N) is 1. The van der Waals surface area contributed by atoms with Crippen LogP contribution in [0, 0.1) is 6.92 Å². The van der Waals surface area contributed by atoms with Gasteiger partial charge in [-0.1, -0.05) is 29.8 Å². The predicted octanol–water partition coefficient (Wildman–Crippen LogP) is 2.55. The van der Waals surface area contributed by atoms with Gasteiger partial charge in [0, 0.05) is 17.3 Å². The zero-order valence-electron chi connectivity index (χ0n) is 12.7. The van der Waals surface area contributed by atoms with Gasteiger partial charge in [0.15, 0.2) is 11.6 Å². The van der Waals surface area contributed by atoms with E-state index >= 15 is 0 Å². The van der Waals surface area contributed by atoms with Gasteiger partial charge < -0.3 is 0 Å². The van der Waals surface area contributed by atoms with E-state index in [1.165, 1.54) is 0 Å². The minimum absolute atomic E-state index is 0.162. The maximum atomic E-state index is 12.5. The Labute approximate surface area is 137 Å². The molecule has 0 N–H and O–H groups in total. The molecule has 2 amide bonds. The number of ketones is 2. The van der Waals surface area contributed by atoms with E-state index in [1.54, 1.807) is 42.5 Å². The highest BCUT2D eigenvalue weighted by molar-refractivity contribution is 6.40. The molecular weight excluding hydrogens is 306 g/mol. The molecule has 0 saturated carbocycles. The number of carbonyl (C=O) groups is 4. The van der Waals surface area contributed by atoms with Crippen molar-refractivity contribution in [3.8, 4) is 0 Å². The molecule has 0 bridgehead atoms. The van der Waals surface area contributed by atoms with Crippen molar-refractivity contribution in [3.05, 3.63) is 82.1 Å². The SMILES string of the molecule is Cc1ccc2c(c1)C(=O)C(=CN1C(=O)c3ccccc3C1=O)C2=O. The first kappa shape index (κ1) is 14.3. The number of hydrogen-bond donors (Lipinski definition) is 0. The van der Waals surface area contributed by atoms with Gasteiger partial charge in [0.25, 0.3) is 11.8 Å². The Morgan fingerprint density at radius 1 is 0.750 bits per heavy atom. The van der Waals surface area contributed by atoms with Crippen molar-refractivity contribution in [2.24, 2.45) is 0 Å². The number of aryl methyl sites for hydroxylation is 1. The molecule has 0 spiro atoms. The van der Waals surface area contributed by atoms with Gasteiger partial charge >= 0.3 is 0 Å². The fraction of sp³-hybridized carbons (Fsp3) is 0.0526. The third-order valence-corrected chi connectivity index (χ3v) is 4.24. The molecule has 0 unspecified atom stereocenters. The maximum Gasteiger partial charge on any atom is 0.265 e. The number of hydrogen-bond acceptors (Lipinski definition) is 4. The van der Waals surface area contributed by atoms with E-state index in [4.69, 9.17) is 0 Å². The van der Waals surface area contributed by atoms with Crippen molar-refractivity contribution in [2.45, 2.75) is 6.92 Å². The van der Waals surface area contributed by atoms with Crippen LogP contribution in [0.3, 0.4) is 0 Å². The van der Waals surface area contributed by atoms with E-state index in [0.29, 0.717) is 11.1 Å². The standard InChI is InChI=1S/C19H11NO4/c1-10-6-7-11-14(8-10)17(22)15(16(11)21)9-20-18(23)12-4-2-3-5-13(12)19(20)24/h2-9H,1H3. The molecule has 1 aliphatic carbocycles. The molecule has 5 nitrogen and oxygen atoms in total. The maximum absolute atomic E-state index is 12.5. The second-order valence-corrected chi connectivity index (χ2v) is 5.78. The van der Waals surface area contributed by atoms with Crippen LogP contribution in [0.15, 0.2) is 54.2 Å². The van der Waals surface area contributed by atoms with Crippen molar-refractivity contribution < 1.29 is 19.2 Å². The van der Waals surface area contributed by atoms with Crippen LogP contribution in [0.2, 0.25) is 0 Å². The van der Waals surface area contributed by atoms with Crippen LogP contribution in [0.1, 0.15) is 47.0 Å². The Morgan fingerprint density at radius 3 is 1.96 bits per heavy atom. The zero-order chi connectivity index (χ0) is 17.0. The minimum atomic E-state index is -0.532. The van der Waals surface area contributed by atoms with Gasteiger partial charge in [-0.25, -0.2) is 4.90 Å². The lowest BCUT2D eigenvalue weighted by molar-refractivity contribution is 0.0720. The van der Waals surface area contributed by atoms with E-state index in [9.17, 15) is 19.2 Å².